The van der Waals surface area contributed by atoms with Crippen LogP contribution in [-0.2, 0) is 9.22 Å². The summed E-state index contributed by atoms with van der Waals surface area (Å²) in [6, 6.07) is 0. The topological polar surface area (TPSA) is 38.7 Å². The van der Waals surface area contributed by atoms with E-state index in [0.717, 1.165) is 25.8 Å². The van der Waals surface area contributed by atoms with Crippen molar-refractivity contribution in [3.63, 3.8) is 0 Å². The van der Waals surface area contributed by atoms with E-state index in [1.54, 1.807) is 0 Å². The fraction of sp³-hybridized carbons (Fsp3) is 0.926. The van der Waals surface area contributed by atoms with Gasteiger partial charge in [0.2, 0.25) is 8.32 Å². The maximum absolute atomic E-state index is 12.3. The molecule has 0 radical (unpaired) electrons. The van der Waals surface area contributed by atoms with E-state index in [1.807, 2.05) is 0 Å². The summed E-state index contributed by atoms with van der Waals surface area (Å²) in [5.74, 6) is 2.40. The van der Waals surface area contributed by atoms with Crippen molar-refractivity contribution in [3.05, 3.63) is 0 Å². The third-order valence-corrected chi connectivity index (χ3v) is 16.6. The number of hydrogen-bond acceptors (Lipinski definition) is 3. The summed E-state index contributed by atoms with van der Waals surface area (Å²) in [6.45, 7) is 20.2. The van der Waals surface area contributed by atoms with E-state index < -0.39 is 8.32 Å². The number of nitrogens with zero attached hydrogens (tertiary/aromatic N) is 1. The predicted octanol–water partition coefficient (Wildman–Crippen LogP) is 7.20. The van der Waals surface area contributed by atoms with Gasteiger partial charge in [-0.25, -0.2) is 0 Å². The molecule has 3 saturated carbocycles. The van der Waals surface area contributed by atoms with Gasteiger partial charge in [0.05, 0.1) is 6.10 Å². The number of aliphatic imine (C=N–C) groups is 1. The molecule has 1 aliphatic heterocycles. The third kappa shape index (κ3) is 3.63. The number of hydrogen-bond donors (Lipinski definition) is 0. The maximum atomic E-state index is 12.3. The monoisotopic (exact) mass is 445 g/mol. The molecule has 0 spiro atoms. The van der Waals surface area contributed by atoms with Crippen LogP contribution in [0.4, 0.5) is 0 Å². The van der Waals surface area contributed by atoms with Crippen molar-refractivity contribution >= 4 is 19.8 Å². The molecule has 1 heterocycles. The molecule has 0 aromatic heterocycles. The summed E-state index contributed by atoms with van der Waals surface area (Å²) in [7, 11) is -1.86. The van der Waals surface area contributed by atoms with Gasteiger partial charge < -0.3 is 4.43 Å². The van der Waals surface area contributed by atoms with Crippen molar-refractivity contribution in [1.29, 1.82) is 0 Å². The van der Waals surface area contributed by atoms with Crippen LogP contribution in [0.25, 0.3) is 0 Å². The molecule has 4 heteroatoms. The normalized spacial score (nSPS) is 40.7. The molecular formula is C27H47NO2Si. The molecule has 6 atom stereocenters. The maximum Gasteiger partial charge on any atom is 0.200 e. The fourth-order valence-corrected chi connectivity index (χ4v) is 14.5. The second-order valence-electron chi connectivity index (χ2n) is 13.0. The molecule has 0 N–H and O–H groups in total. The zero-order valence-corrected chi connectivity index (χ0v) is 22.5. The van der Waals surface area contributed by atoms with Crippen LogP contribution in [0.3, 0.4) is 0 Å². The Morgan fingerprint density at radius 2 is 1.58 bits per heavy atom. The number of Topliss-reactive ketones (excluding diaryl/α,β-unsaturated/α-hetero) is 1. The van der Waals surface area contributed by atoms with Crippen molar-refractivity contribution in [2.45, 2.75) is 123 Å². The minimum atomic E-state index is -1.86. The van der Waals surface area contributed by atoms with E-state index in [-0.39, 0.29) is 10.8 Å². The smallest absolute Gasteiger partial charge is 0.200 e. The lowest BCUT2D eigenvalue weighted by atomic mass is 9.50. The number of carbonyl (C=O) groups is 1. The molecule has 3 nitrogen and oxygen atoms in total. The lowest BCUT2D eigenvalue weighted by molar-refractivity contribution is -0.118. The zero-order valence-electron chi connectivity index (χ0n) is 21.5. The number of carbonyl (C=O) groups excluding carboxylic acids is 1. The van der Waals surface area contributed by atoms with Gasteiger partial charge in [0.1, 0.15) is 5.78 Å². The molecule has 0 aromatic rings. The average molecular weight is 446 g/mol. The molecule has 31 heavy (non-hydrogen) atoms. The van der Waals surface area contributed by atoms with Crippen LogP contribution in [0.15, 0.2) is 4.99 Å². The van der Waals surface area contributed by atoms with Crippen LogP contribution in [0, 0.1) is 28.6 Å². The van der Waals surface area contributed by atoms with Crippen molar-refractivity contribution in [3.8, 4) is 0 Å². The first kappa shape index (κ1) is 23.7. The standard InChI is InChI=1S/C27H47NO2Si/c1-17(2)31(18(3)4,19(5)6)30-21-9-12-27(8)23-10-11-26(7)15-20(29)13-24(26)22(23)16-28-25(27)14-21/h17-19,21-24H,9-16H2,1-8H3/t21?,22-,23-,24+,26-,27-/m1/s1. The van der Waals surface area contributed by atoms with E-state index in [2.05, 4.69) is 55.4 Å². The summed E-state index contributed by atoms with van der Waals surface area (Å²) in [5, 5.41) is 0. The van der Waals surface area contributed by atoms with Gasteiger partial charge in [-0.05, 0) is 65.5 Å². The molecule has 0 saturated heterocycles. The third-order valence-electron chi connectivity index (χ3n) is 10.5. The Morgan fingerprint density at radius 1 is 0.935 bits per heavy atom. The van der Waals surface area contributed by atoms with Gasteiger partial charge in [-0.3, -0.25) is 9.79 Å². The molecule has 1 unspecified atom stereocenters. The average Bonchev–Trinajstić information content (AvgIpc) is 2.99. The Balaban J connectivity index is 1.55. The first-order chi connectivity index (χ1) is 14.4. The minimum absolute atomic E-state index is 0.230. The first-order valence-electron chi connectivity index (χ1n) is 13.2. The van der Waals surface area contributed by atoms with Gasteiger partial charge in [-0.1, -0.05) is 55.4 Å². The molecule has 176 valence electrons. The molecule has 3 aliphatic carbocycles. The van der Waals surface area contributed by atoms with Crippen molar-refractivity contribution in [1.82, 2.24) is 0 Å². The highest BCUT2D eigenvalue weighted by molar-refractivity contribution is 6.77. The Morgan fingerprint density at radius 3 is 2.19 bits per heavy atom. The van der Waals surface area contributed by atoms with Crippen LogP contribution in [0.1, 0.15) is 100 Å². The van der Waals surface area contributed by atoms with Gasteiger partial charge in [0.25, 0.3) is 0 Å². The summed E-state index contributed by atoms with van der Waals surface area (Å²) < 4.78 is 7.21. The highest BCUT2D eigenvalue weighted by atomic mass is 28.4. The Labute approximate surface area is 192 Å². The number of ketones is 1. The minimum Gasteiger partial charge on any atom is -0.413 e. The van der Waals surface area contributed by atoms with Crippen molar-refractivity contribution < 1.29 is 9.22 Å². The van der Waals surface area contributed by atoms with Gasteiger partial charge >= 0.3 is 0 Å². The number of rotatable bonds is 5. The van der Waals surface area contributed by atoms with Crippen LogP contribution < -0.4 is 0 Å². The summed E-state index contributed by atoms with van der Waals surface area (Å²) in [5.41, 5.74) is 3.84. The Kier molecular flexibility index (Phi) is 6.17. The molecule has 0 bridgehead atoms. The lowest BCUT2D eigenvalue weighted by Gasteiger charge is -2.57. The second-order valence-corrected chi connectivity index (χ2v) is 18.4. The quantitative estimate of drug-likeness (QED) is 0.419. The van der Waals surface area contributed by atoms with Crippen LogP contribution in [-0.4, -0.2) is 32.5 Å². The van der Waals surface area contributed by atoms with E-state index in [9.17, 15) is 4.79 Å². The lowest BCUT2D eigenvalue weighted by Crippen LogP contribution is -2.56. The van der Waals surface area contributed by atoms with E-state index in [4.69, 9.17) is 9.42 Å². The highest BCUT2D eigenvalue weighted by Gasteiger charge is 2.58. The molecule has 0 amide bonds. The van der Waals surface area contributed by atoms with Gasteiger partial charge in [-0.15, -0.1) is 0 Å². The summed E-state index contributed by atoms with van der Waals surface area (Å²) in [6.07, 6.45) is 7.94. The van der Waals surface area contributed by atoms with Crippen LogP contribution in [0.5, 0.6) is 0 Å². The van der Waals surface area contributed by atoms with E-state index in [0.29, 0.717) is 46.3 Å². The van der Waals surface area contributed by atoms with Gasteiger partial charge in [-0.2, -0.15) is 0 Å². The van der Waals surface area contributed by atoms with Crippen molar-refractivity contribution in [2.75, 3.05) is 6.54 Å². The first-order valence-corrected chi connectivity index (χ1v) is 15.3. The largest absolute Gasteiger partial charge is 0.413 e. The van der Waals surface area contributed by atoms with Gasteiger partial charge in [0.15, 0.2) is 0 Å². The summed E-state index contributed by atoms with van der Waals surface area (Å²) in [4.78, 5) is 17.6. The highest BCUT2D eigenvalue weighted by Crippen LogP contribution is 2.61. The summed E-state index contributed by atoms with van der Waals surface area (Å²) >= 11 is 0. The Bertz CT molecular complexity index is 722. The van der Waals surface area contributed by atoms with Gasteiger partial charge in [0, 0.05) is 36.9 Å². The molecule has 4 aliphatic rings. The van der Waals surface area contributed by atoms with E-state index in [1.165, 1.54) is 31.4 Å². The molecular weight excluding hydrogens is 398 g/mol. The van der Waals surface area contributed by atoms with Crippen LogP contribution in [0.2, 0.25) is 16.6 Å². The second kappa shape index (κ2) is 8.08. The van der Waals surface area contributed by atoms with Crippen LogP contribution >= 0.6 is 0 Å². The predicted molar refractivity (Wildman–Crippen MR) is 132 cm³/mol. The Hall–Kier alpha value is -0.483. The SMILES string of the molecule is CC(C)[Si](OC1CC[C@@]2(C)C(=NC[C@@H]3[C@H]2CC[C@]2(C)CC(=O)C[C@@H]32)C1)(C(C)C)C(C)C. The van der Waals surface area contributed by atoms with E-state index >= 15 is 0 Å². The molecule has 0 aromatic carbocycles. The van der Waals surface area contributed by atoms with Crippen molar-refractivity contribution in [2.24, 2.45) is 33.6 Å². The number of fused-ring (bicyclic) bond motifs is 5. The fourth-order valence-electron chi connectivity index (χ4n) is 8.93. The zero-order chi connectivity index (χ0) is 22.8. The molecule has 3 fully saturated rings. The molecule has 4 rings (SSSR count).